The Hall–Kier alpha value is -2.88. The molecule has 134 valence electrons. The largest absolute Gasteiger partial charge is 0.481 e. The zero-order valence-electron chi connectivity index (χ0n) is 14.8. The zero-order chi connectivity index (χ0) is 17.9. The molecule has 2 aromatic heterocycles. The lowest BCUT2D eigenvalue weighted by Gasteiger charge is -2.18. The zero-order valence-corrected chi connectivity index (χ0v) is 14.8. The van der Waals surface area contributed by atoms with Crippen LogP contribution in [-0.4, -0.2) is 41.8 Å². The van der Waals surface area contributed by atoms with Gasteiger partial charge in [0.05, 0.1) is 19.9 Å². The molecular weight excluding hydrogens is 330 g/mol. The lowest BCUT2D eigenvalue weighted by Crippen LogP contribution is -2.23. The summed E-state index contributed by atoms with van der Waals surface area (Å²) >= 11 is 0. The van der Waals surface area contributed by atoms with Crippen LogP contribution in [0.15, 0.2) is 24.4 Å². The van der Waals surface area contributed by atoms with Crippen molar-refractivity contribution in [3.05, 3.63) is 35.8 Å². The summed E-state index contributed by atoms with van der Waals surface area (Å²) in [5.41, 5.74) is 0.402. The second-order valence-corrected chi connectivity index (χ2v) is 6.78. The van der Waals surface area contributed by atoms with Gasteiger partial charge in [0.1, 0.15) is 23.3 Å². The SMILES string of the molecule is COc1cccc(N2CC[C@H](COc3nc(C4CC4)ncc3C#N)C2)n1. The molecule has 1 aliphatic carbocycles. The van der Waals surface area contributed by atoms with Gasteiger partial charge in [-0.05, 0) is 25.3 Å². The van der Waals surface area contributed by atoms with Gasteiger partial charge < -0.3 is 14.4 Å². The maximum Gasteiger partial charge on any atom is 0.235 e. The number of nitriles is 1. The number of pyridine rings is 1. The Bertz CT molecular complexity index is 831. The predicted octanol–water partition coefficient (Wildman–Crippen LogP) is 2.53. The fraction of sp³-hybridized carbons (Fsp3) is 0.474. The highest BCUT2D eigenvalue weighted by Gasteiger charge is 2.28. The van der Waals surface area contributed by atoms with Crippen molar-refractivity contribution in [3.63, 3.8) is 0 Å². The van der Waals surface area contributed by atoms with Crippen LogP contribution in [0.2, 0.25) is 0 Å². The van der Waals surface area contributed by atoms with Crippen LogP contribution in [0.25, 0.3) is 0 Å². The lowest BCUT2D eigenvalue weighted by atomic mass is 10.1. The third kappa shape index (κ3) is 3.54. The van der Waals surface area contributed by atoms with Crippen molar-refractivity contribution in [2.24, 2.45) is 5.92 Å². The third-order valence-corrected chi connectivity index (χ3v) is 4.82. The van der Waals surface area contributed by atoms with Crippen molar-refractivity contribution >= 4 is 5.82 Å². The maximum atomic E-state index is 9.26. The summed E-state index contributed by atoms with van der Waals surface area (Å²) in [4.78, 5) is 15.5. The topological polar surface area (TPSA) is 84.2 Å². The number of ether oxygens (including phenoxy) is 2. The van der Waals surface area contributed by atoms with Crippen molar-refractivity contribution in [2.45, 2.75) is 25.2 Å². The van der Waals surface area contributed by atoms with E-state index >= 15 is 0 Å². The van der Waals surface area contributed by atoms with Gasteiger partial charge in [0.2, 0.25) is 11.8 Å². The summed E-state index contributed by atoms with van der Waals surface area (Å²) < 4.78 is 11.1. The molecule has 0 aromatic carbocycles. The molecule has 7 heteroatoms. The monoisotopic (exact) mass is 351 g/mol. The molecule has 4 rings (SSSR count). The van der Waals surface area contributed by atoms with Crippen LogP contribution in [0.3, 0.4) is 0 Å². The average Bonchev–Trinajstić information content (AvgIpc) is 3.44. The number of hydrogen-bond donors (Lipinski definition) is 0. The molecule has 1 saturated heterocycles. The van der Waals surface area contributed by atoms with Crippen LogP contribution in [0.4, 0.5) is 5.82 Å². The molecule has 1 aliphatic heterocycles. The number of methoxy groups -OCH3 is 1. The molecule has 0 amide bonds. The molecule has 26 heavy (non-hydrogen) atoms. The van der Waals surface area contributed by atoms with Gasteiger partial charge in [-0.25, -0.2) is 4.98 Å². The summed E-state index contributed by atoms with van der Waals surface area (Å²) in [5.74, 6) is 3.56. The third-order valence-electron chi connectivity index (χ3n) is 4.82. The fourth-order valence-corrected chi connectivity index (χ4v) is 3.17. The molecule has 2 fully saturated rings. The predicted molar refractivity (Wildman–Crippen MR) is 95.3 cm³/mol. The second kappa shape index (κ2) is 7.16. The molecule has 0 spiro atoms. The van der Waals surface area contributed by atoms with Crippen LogP contribution in [0, 0.1) is 17.2 Å². The van der Waals surface area contributed by atoms with Crippen molar-refractivity contribution in [3.8, 4) is 17.8 Å². The smallest absolute Gasteiger partial charge is 0.235 e. The summed E-state index contributed by atoms with van der Waals surface area (Å²) in [5, 5.41) is 9.26. The number of rotatable bonds is 6. The molecule has 1 saturated carbocycles. The van der Waals surface area contributed by atoms with E-state index in [1.165, 1.54) is 0 Å². The Kier molecular flexibility index (Phi) is 4.57. The Morgan fingerprint density at radius 1 is 1.27 bits per heavy atom. The highest BCUT2D eigenvalue weighted by molar-refractivity contribution is 5.42. The molecule has 0 bridgehead atoms. The van der Waals surface area contributed by atoms with Crippen LogP contribution < -0.4 is 14.4 Å². The minimum absolute atomic E-state index is 0.369. The number of anilines is 1. The van der Waals surface area contributed by atoms with E-state index in [1.807, 2.05) is 18.2 Å². The van der Waals surface area contributed by atoms with E-state index in [-0.39, 0.29) is 0 Å². The molecule has 2 aromatic rings. The molecule has 0 N–H and O–H groups in total. The summed E-state index contributed by atoms with van der Waals surface area (Å²) in [6.07, 6.45) is 4.84. The Morgan fingerprint density at radius 2 is 2.15 bits per heavy atom. The summed E-state index contributed by atoms with van der Waals surface area (Å²) in [6.45, 7) is 2.33. The van der Waals surface area contributed by atoms with E-state index < -0.39 is 0 Å². The van der Waals surface area contributed by atoms with Gasteiger partial charge in [-0.2, -0.15) is 15.2 Å². The fourth-order valence-electron chi connectivity index (χ4n) is 3.17. The van der Waals surface area contributed by atoms with Gasteiger partial charge in [0.25, 0.3) is 0 Å². The molecule has 3 heterocycles. The first-order valence-corrected chi connectivity index (χ1v) is 8.92. The first-order valence-electron chi connectivity index (χ1n) is 8.92. The Balaban J connectivity index is 1.38. The van der Waals surface area contributed by atoms with E-state index in [0.717, 1.165) is 44.0 Å². The Morgan fingerprint density at radius 3 is 2.92 bits per heavy atom. The maximum absolute atomic E-state index is 9.26. The van der Waals surface area contributed by atoms with E-state index in [9.17, 15) is 5.26 Å². The minimum atomic E-state index is 0.369. The van der Waals surface area contributed by atoms with Crippen molar-refractivity contribution in [1.29, 1.82) is 5.26 Å². The quantitative estimate of drug-likeness (QED) is 0.790. The van der Waals surface area contributed by atoms with Crippen LogP contribution in [0.1, 0.15) is 36.6 Å². The summed E-state index contributed by atoms with van der Waals surface area (Å²) in [6, 6.07) is 7.90. The van der Waals surface area contributed by atoms with E-state index in [4.69, 9.17) is 9.47 Å². The first kappa shape index (κ1) is 16.6. The van der Waals surface area contributed by atoms with Gasteiger partial charge in [-0.3, -0.25) is 0 Å². The van der Waals surface area contributed by atoms with Gasteiger partial charge in [-0.1, -0.05) is 6.07 Å². The van der Waals surface area contributed by atoms with Crippen LogP contribution in [-0.2, 0) is 0 Å². The number of hydrogen-bond acceptors (Lipinski definition) is 7. The van der Waals surface area contributed by atoms with Crippen molar-refractivity contribution in [1.82, 2.24) is 15.0 Å². The molecular formula is C19H21N5O2. The number of aromatic nitrogens is 3. The van der Waals surface area contributed by atoms with E-state index in [0.29, 0.717) is 35.8 Å². The standard InChI is InChI=1S/C19H21N5O2/c1-25-17-4-2-3-16(22-17)24-8-7-13(11-24)12-26-19-15(9-20)10-21-18(23-19)14-5-6-14/h2-4,10,13-14H,5-8,11-12H2,1H3/t13-/m0/s1. The van der Waals surface area contributed by atoms with E-state index in [2.05, 4.69) is 25.9 Å². The highest BCUT2D eigenvalue weighted by atomic mass is 16.5. The first-order chi connectivity index (χ1) is 12.8. The molecule has 7 nitrogen and oxygen atoms in total. The average molecular weight is 351 g/mol. The number of nitrogens with zero attached hydrogens (tertiary/aromatic N) is 5. The van der Waals surface area contributed by atoms with Crippen LogP contribution in [0.5, 0.6) is 11.8 Å². The second-order valence-electron chi connectivity index (χ2n) is 6.78. The van der Waals surface area contributed by atoms with Crippen LogP contribution >= 0.6 is 0 Å². The Labute approximate surface area is 152 Å². The minimum Gasteiger partial charge on any atom is -0.481 e. The van der Waals surface area contributed by atoms with Gasteiger partial charge in [0.15, 0.2) is 0 Å². The highest BCUT2D eigenvalue weighted by Crippen LogP contribution is 2.38. The van der Waals surface area contributed by atoms with Gasteiger partial charge in [0, 0.05) is 31.0 Å². The molecule has 0 radical (unpaired) electrons. The molecule has 0 unspecified atom stereocenters. The molecule has 1 atom stereocenters. The summed E-state index contributed by atoms with van der Waals surface area (Å²) in [7, 11) is 1.62. The van der Waals surface area contributed by atoms with Gasteiger partial charge >= 0.3 is 0 Å². The lowest BCUT2D eigenvalue weighted by molar-refractivity contribution is 0.250. The molecule has 2 aliphatic rings. The van der Waals surface area contributed by atoms with Crippen molar-refractivity contribution in [2.75, 3.05) is 31.7 Å². The van der Waals surface area contributed by atoms with Crippen molar-refractivity contribution < 1.29 is 9.47 Å². The van der Waals surface area contributed by atoms with Gasteiger partial charge in [-0.15, -0.1) is 0 Å². The van der Waals surface area contributed by atoms with E-state index in [1.54, 1.807) is 13.3 Å². The normalized spacial score (nSPS) is 19.2.